The van der Waals surface area contributed by atoms with Crippen molar-refractivity contribution in [3.05, 3.63) is 107 Å². The van der Waals surface area contributed by atoms with Crippen molar-refractivity contribution in [3.63, 3.8) is 0 Å². The van der Waals surface area contributed by atoms with E-state index in [0.29, 0.717) is 34.6 Å². The highest BCUT2D eigenvalue weighted by Crippen LogP contribution is 2.28. The Labute approximate surface area is 291 Å². The second-order valence-corrected chi connectivity index (χ2v) is 12.8. The first-order valence-corrected chi connectivity index (χ1v) is 16.9. The predicted octanol–water partition coefficient (Wildman–Crippen LogP) is 5.87. The summed E-state index contributed by atoms with van der Waals surface area (Å²) in [4.78, 5) is 24.6. The predicted molar refractivity (Wildman–Crippen MR) is 193 cm³/mol. The van der Waals surface area contributed by atoms with Gasteiger partial charge in [0.1, 0.15) is 5.69 Å². The number of nitrogens with zero attached hydrogens (tertiary/aromatic N) is 7. The molecule has 1 amide bonds. The van der Waals surface area contributed by atoms with Gasteiger partial charge in [0.15, 0.2) is 5.65 Å². The van der Waals surface area contributed by atoms with E-state index in [1.165, 1.54) is 6.07 Å². The number of imidazole rings is 1. The molecular weight excluding hydrogens is 636 g/mol. The zero-order chi connectivity index (χ0) is 35.2. The van der Waals surface area contributed by atoms with Gasteiger partial charge in [0, 0.05) is 74.0 Å². The van der Waals surface area contributed by atoms with Gasteiger partial charge in [-0.2, -0.15) is 5.10 Å². The first-order chi connectivity index (χ1) is 24.2. The molecule has 0 saturated carbocycles. The maximum Gasteiger partial charge on any atom is 0.264 e. The molecule has 0 spiro atoms. The van der Waals surface area contributed by atoms with E-state index in [-0.39, 0.29) is 5.56 Å². The SMILES string of the molecule is CCN1CCN(Cc2ccc(NC(=O)c3ccc(C)c(C#Cc4cnc5c(Nc6cnn(CCN(C)C)c6)cccn45)c3)cc2C(F)F)CC1. The Bertz CT molecular complexity index is 2020. The number of hydrogen-bond acceptors (Lipinski definition) is 7. The lowest BCUT2D eigenvalue weighted by atomic mass is 10.0. The number of carbonyl (C=O) groups excluding carboxylic acids is 1. The number of piperazine rings is 1. The van der Waals surface area contributed by atoms with Crippen molar-refractivity contribution in [2.75, 3.05) is 64.0 Å². The summed E-state index contributed by atoms with van der Waals surface area (Å²) in [5.74, 6) is 6.02. The molecule has 0 unspecified atom stereocenters. The summed E-state index contributed by atoms with van der Waals surface area (Å²) < 4.78 is 32.1. The van der Waals surface area contributed by atoms with Crippen molar-refractivity contribution in [3.8, 4) is 11.8 Å². The molecule has 260 valence electrons. The van der Waals surface area contributed by atoms with Crippen LogP contribution in [0.2, 0.25) is 0 Å². The fourth-order valence-corrected chi connectivity index (χ4v) is 5.97. The van der Waals surface area contributed by atoms with Crippen molar-refractivity contribution in [1.82, 2.24) is 33.9 Å². The molecule has 12 heteroatoms. The van der Waals surface area contributed by atoms with Gasteiger partial charge in [-0.3, -0.25) is 18.8 Å². The van der Waals surface area contributed by atoms with Crippen molar-refractivity contribution in [2.24, 2.45) is 0 Å². The molecule has 0 bridgehead atoms. The van der Waals surface area contributed by atoms with Crippen LogP contribution in [0.1, 0.15) is 51.7 Å². The van der Waals surface area contributed by atoms with Crippen LogP contribution in [-0.2, 0) is 13.1 Å². The lowest BCUT2D eigenvalue weighted by Gasteiger charge is -2.34. The molecule has 0 radical (unpaired) electrons. The van der Waals surface area contributed by atoms with Crippen molar-refractivity contribution in [1.29, 1.82) is 0 Å². The van der Waals surface area contributed by atoms with Crippen molar-refractivity contribution >= 4 is 28.6 Å². The van der Waals surface area contributed by atoms with E-state index in [0.717, 1.165) is 68.4 Å². The van der Waals surface area contributed by atoms with Crippen molar-refractivity contribution in [2.45, 2.75) is 33.4 Å². The Hall–Kier alpha value is -5.09. The fourth-order valence-electron chi connectivity index (χ4n) is 5.97. The number of fused-ring (bicyclic) bond motifs is 1. The Balaban J connectivity index is 1.15. The van der Waals surface area contributed by atoms with Crippen LogP contribution in [0.3, 0.4) is 0 Å². The minimum Gasteiger partial charge on any atom is -0.350 e. The van der Waals surface area contributed by atoms with Crippen LogP contribution >= 0.6 is 0 Å². The number of benzene rings is 2. The molecule has 50 heavy (non-hydrogen) atoms. The molecule has 4 heterocycles. The minimum atomic E-state index is -2.65. The Morgan fingerprint density at radius 2 is 1.80 bits per heavy atom. The summed E-state index contributed by atoms with van der Waals surface area (Å²) in [5.41, 5.74) is 5.90. The average molecular weight is 680 g/mol. The lowest BCUT2D eigenvalue weighted by molar-refractivity contribution is 0.102. The molecule has 1 aliphatic heterocycles. The van der Waals surface area contributed by atoms with Gasteiger partial charge >= 0.3 is 0 Å². The first kappa shape index (κ1) is 34.8. The Kier molecular flexibility index (Phi) is 10.9. The van der Waals surface area contributed by atoms with E-state index >= 15 is 0 Å². The molecule has 1 aliphatic rings. The fraction of sp³-hybridized carbons (Fsp3) is 0.342. The first-order valence-electron chi connectivity index (χ1n) is 16.9. The lowest BCUT2D eigenvalue weighted by Crippen LogP contribution is -2.45. The third kappa shape index (κ3) is 8.37. The highest BCUT2D eigenvalue weighted by atomic mass is 19.3. The van der Waals surface area contributed by atoms with E-state index in [2.05, 4.69) is 54.2 Å². The van der Waals surface area contributed by atoms with Gasteiger partial charge < -0.3 is 20.4 Å². The number of alkyl halides is 2. The molecule has 1 fully saturated rings. The standard InChI is InChI=1S/C38H43F2N9O/c1-5-46-16-18-47(19-17-46)25-30-10-12-31(22-34(30)36(39)40)44-38(50)29-9-8-27(2)28(21-29)11-13-33-24-41-37-35(7-6-14-49(33)37)43-32-23-42-48(26-32)20-15-45(3)4/h6-10,12,14,21-24,26,36,43H,5,15-20,25H2,1-4H3,(H,44,50). The van der Waals surface area contributed by atoms with Crippen LogP contribution in [0.5, 0.6) is 0 Å². The normalized spacial score (nSPS) is 13.9. The number of hydrogen-bond donors (Lipinski definition) is 2. The van der Waals surface area contributed by atoms with Crippen LogP contribution in [0, 0.1) is 18.8 Å². The van der Waals surface area contributed by atoms with Crippen molar-refractivity contribution < 1.29 is 13.6 Å². The summed E-state index contributed by atoms with van der Waals surface area (Å²) in [6.07, 6.45) is 4.72. The number of likely N-dealkylation sites (N-methyl/N-ethyl adjacent to an activating group) is 2. The second-order valence-electron chi connectivity index (χ2n) is 12.8. The molecule has 5 aromatic rings. The van der Waals surface area contributed by atoms with Crippen LogP contribution in [0.4, 0.5) is 25.8 Å². The van der Waals surface area contributed by atoms with Gasteiger partial charge in [-0.15, -0.1) is 0 Å². The van der Waals surface area contributed by atoms with Gasteiger partial charge in [-0.25, -0.2) is 13.8 Å². The molecule has 10 nitrogen and oxygen atoms in total. The molecular formula is C38H43F2N9O. The minimum absolute atomic E-state index is 0.0577. The molecule has 2 N–H and O–H groups in total. The van der Waals surface area contributed by atoms with Gasteiger partial charge in [-0.05, 0) is 81.0 Å². The molecule has 0 aliphatic carbocycles. The molecule has 3 aromatic heterocycles. The zero-order valence-corrected chi connectivity index (χ0v) is 29.0. The third-order valence-electron chi connectivity index (χ3n) is 8.99. The zero-order valence-electron chi connectivity index (χ0n) is 29.0. The topological polar surface area (TPSA) is 86.0 Å². The Morgan fingerprint density at radius 3 is 2.56 bits per heavy atom. The largest absolute Gasteiger partial charge is 0.350 e. The van der Waals surface area contributed by atoms with E-state index < -0.39 is 12.3 Å². The number of aryl methyl sites for hydroxylation is 1. The number of rotatable bonds is 11. The van der Waals surface area contributed by atoms with Gasteiger partial charge in [0.2, 0.25) is 0 Å². The van der Waals surface area contributed by atoms with Crippen LogP contribution in [0.25, 0.3) is 5.65 Å². The molecule has 1 saturated heterocycles. The smallest absolute Gasteiger partial charge is 0.264 e. The summed E-state index contributed by atoms with van der Waals surface area (Å²) in [5, 5.41) is 10.7. The van der Waals surface area contributed by atoms with E-state index in [4.69, 9.17) is 0 Å². The maximum atomic E-state index is 14.1. The number of aromatic nitrogens is 4. The molecule has 6 rings (SSSR count). The number of carbonyl (C=O) groups is 1. The Morgan fingerprint density at radius 1 is 1.00 bits per heavy atom. The highest BCUT2D eigenvalue weighted by molar-refractivity contribution is 6.04. The summed E-state index contributed by atoms with van der Waals surface area (Å²) in [7, 11) is 4.06. The number of pyridine rings is 1. The van der Waals surface area contributed by atoms with Gasteiger partial charge in [0.25, 0.3) is 12.3 Å². The summed E-state index contributed by atoms with van der Waals surface area (Å²) in [6.45, 7) is 10.7. The highest BCUT2D eigenvalue weighted by Gasteiger charge is 2.20. The van der Waals surface area contributed by atoms with E-state index in [1.54, 1.807) is 36.7 Å². The van der Waals surface area contributed by atoms with Crippen LogP contribution in [-0.4, -0.2) is 93.1 Å². The number of halogens is 2. The number of amides is 1. The van der Waals surface area contributed by atoms with Gasteiger partial charge in [-0.1, -0.05) is 25.0 Å². The third-order valence-corrected chi connectivity index (χ3v) is 8.99. The average Bonchev–Trinajstić information content (AvgIpc) is 3.75. The molecule has 0 atom stereocenters. The second kappa shape index (κ2) is 15.6. The molecule has 2 aromatic carbocycles. The monoisotopic (exact) mass is 679 g/mol. The van der Waals surface area contributed by atoms with Crippen LogP contribution < -0.4 is 10.6 Å². The quantitative estimate of drug-likeness (QED) is 0.169. The summed E-state index contributed by atoms with van der Waals surface area (Å²) >= 11 is 0. The van der Waals surface area contributed by atoms with Crippen LogP contribution in [0.15, 0.2) is 73.3 Å². The maximum absolute atomic E-state index is 14.1. The number of nitrogens with one attached hydrogen (secondary N) is 2. The van der Waals surface area contributed by atoms with E-state index in [9.17, 15) is 13.6 Å². The number of anilines is 3. The van der Waals surface area contributed by atoms with E-state index in [1.807, 2.05) is 60.7 Å². The summed E-state index contributed by atoms with van der Waals surface area (Å²) in [6, 6.07) is 13.9. The van der Waals surface area contributed by atoms with Gasteiger partial charge in [0.05, 0.1) is 30.3 Å².